The number of rotatable bonds is 8. The van der Waals surface area contributed by atoms with Crippen LogP contribution in [0.2, 0.25) is 0 Å². The Bertz CT molecular complexity index is 1030. The molecule has 0 saturated carbocycles. The van der Waals surface area contributed by atoms with Crippen molar-refractivity contribution in [2.24, 2.45) is 5.92 Å². The van der Waals surface area contributed by atoms with Crippen molar-refractivity contribution in [3.8, 4) is 5.75 Å². The van der Waals surface area contributed by atoms with Crippen LogP contribution in [-0.2, 0) is 23.9 Å². The molecule has 0 bridgehead atoms. The van der Waals surface area contributed by atoms with Crippen LogP contribution < -0.4 is 10.1 Å². The maximum atomic E-state index is 13.2. The van der Waals surface area contributed by atoms with Crippen LogP contribution in [0.15, 0.2) is 54.6 Å². The molecule has 168 valence electrons. The Morgan fingerprint density at radius 1 is 1.03 bits per heavy atom. The van der Waals surface area contributed by atoms with Crippen molar-refractivity contribution in [1.82, 2.24) is 5.32 Å². The molecule has 2 unspecified atom stereocenters. The number of cyclic esters (lactones) is 1. The smallest absolute Gasteiger partial charge is 0.340 e. The second-order valence-electron chi connectivity index (χ2n) is 7.89. The lowest BCUT2D eigenvalue weighted by molar-refractivity contribution is -0.149. The Morgan fingerprint density at radius 2 is 1.72 bits per heavy atom. The third-order valence-electron chi connectivity index (χ3n) is 5.15. The van der Waals surface area contributed by atoms with Crippen molar-refractivity contribution in [3.63, 3.8) is 0 Å². The first-order chi connectivity index (χ1) is 15.3. The van der Waals surface area contributed by atoms with Gasteiger partial charge in [0.2, 0.25) is 6.10 Å². The minimum Gasteiger partial charge on any atom is -0.497 e. The zero-order chi connectivity index (χ0) is 23.3. The van der Waals surface area contributed by atoms with E-state index in [1.165, 1.54) is 14.2 Å². The lowest BCUT2D eigenvalue weighted by Crippen LogP contribution is -2.47. The minimum absolute atomic E-state index is 0.141. The van der Waals surface area contributed by atoms with Gasteiger partial charge in [0, 0.05) is 5.57 Å². The van der Waals surface area contributed by atoms with Gasteiger partial charge in [-0.05, 0) is 35.6 Å². The summed E-state index contributed by atoms with van der Waals surface area (Å²) in [7, 11) is 2.81. The van der Waals surface area contributed by atoms with Crippen LogP contribution in [0.1, 0.15) is 31.4 Å². The van der Waals surface area contributed by atoms with Gasteiger partial charge in [-0.3, -0.25) is 4.79 Å². The number of hydrogen-bond donors (Lipinski definition) is 1. The van der Waals surface area contributed by atoms with E-state index >= 15 is 0 Å². The van der Waals surface area contributed by atoms with Crippen molar-refractivity contribution >= 4 is 29.0 Å². The molecular weight excluding hydrogens is 410 g/mol. The molecule has 2 aromatic rings. The molecule has 1 amide bonds. The van der Waals surface area contributed by atoms with Gasteiger partial charge < -0.3 is 19.5 Å². The zero-order valence-corrected chi connectivity index (χ0v) is 18.6. The molecule has 7 nitrogen and oxygen atoms in total. The van der Waals surface area contributed by atoms with Crippen LogP contribution in [0.25, 0.3) is 11.1 Å². The largest absolute Gasteiger partial charge is 0.497 e. The van der Waals surface area contributed by atoms with Gasteiger partial charge in [-0.2, -0.15) is 0 Å². The van der Waals surface area contributed by atoms with Gasteiger partial charge in [-0.15, -0.1) is 0 Å². The van der Waals surface area contributed by atoms with Crippen molar-refractivity contribution in [3.05, 3.63) is 65.7 Å². The molecule has 1 aliphatic rings. The molecule has 2 atom stereocenters. The predicted molar refractivity (Wildman–Crippen MR) is 120 cm³/mol. The van der Waals surface area contributed by atoms with Gasteiger partial charge in [0.25, 0.3) is 5.91 Å². The molecule has 0 saturated heterocycles. The summed E-state index contributed by atoms with van der Waals surface area (Å²) in [5.41, 5.74) is 1.98. The summed E-state index contributed by atoms with van der Waals surface area (Å²) >= 11 is 0. The number of benzene rings is 2. The highest BCUT2D eigenvalue weighted by Gasteiger charge is 2.41. The van der Waals surface area contributed by atoms with Crippen LogP contribution in [0, 0.1) is 5.92 Å². The first-order valence-electron chi connectivity index (χ1n) is 10.4. The van der Waals surface area contributed by atoms with Gasteiger partial charge >= 0.3 is 11.9 Å². The Labute approximate surface area is 187 Å². The average molecular weight is 437 g/mol. The van der Waals surface area contributed by atoms with Gasteiger partial charge in [0.05, 0.1) is 19.8 Å². The lowest BCUT2D eigenvalue weighted by Gasteiger charge is -2.21. The third kappa shape index (κ3) is 4.99. The van der Waals surface area contributed by atoms with E-state index in [0.29, 0.717) is 28.9 Å². The summed E-state index contributed by atoms with van der Waals surface area (Å²) in [6.45, 7) is 3.88. The SMILES string of the molecule is COC(=O)C(CC(C)C)NC(=O)C1OC(=O)C(c2cccc(OC)c2)=C1c1ccccc1. The minimum atomic E-state index is -1.20. The van der Waals surface area contributed by atoms with Gasteiger partial charge in [-0.1, -0.05) is 56.3 Å². The van der Waals surface area contributed by atoms with E-state index in [1.807, 2.05) is 44.2 Å². The maximum absolute atomic E-state index is 13.2. The topological polar surface area (TPSA) is 90.9 Å². The van der Waals surface area contributed by atoms with Crippen molar-refractivity contribution in [2.45, 2.75) is 32.4 Å². The molecule has 0 aromatic heterocycles. The molecule has 7 heteroatoms. The monoisotopic (exact) mass is 437 g/mol. The van der Waals surface area contributed by atoms with Crippen LogP contribution >= 0.6 is 0 Å². The fraction of sp³-hybridized carbons (Fsp3) is 0.320. The molecule has 1 aliphatic heterocycles. The van der Waals surface area contributed by atoms with E-state index in [0.717, 1.165) is 0 Å². The molecule has 2 aromatic carbocycles. The number of carbonyl (C=O) groups is 3. The predicted octanol–water partition coefficient (Wildman–Crippen LogP) is 3.24. The maximum Gasteiger partial charge on any atom is 0.340 e. The second kappa shape index (κ2) is 10.1. The number of carbonyl (C=O) groups excluding carboxylic acids is 3. The molecule has 32 heavy (non-hydrogen) atoms. The second-order valence-corrected chi connectivity index (χ2v) is 7.89. The molecule has 1 N–H and O–H groups in total. The summed E-state index contributed by atoms with van der Waals surface area (Å²) in [6, 6.07) is 15.3. The van der Waals surface area contributed by atoms with E-state index in [9.17, 15) is 14.4 Å². The first kappa shape index (κ1) is 23.1. The molecule has 1 heterocycles. The van der Waals surface area contributed by atoms with Crippen molar-refractivity contribution in [2.75, 3.05) is 14.2 Å². The van der Waals surface area contributed by atoms with Gasteiger partial charge in [0.15, 0.2) is 0 Å². The van der Waals surface area contributed by atoms with Crippen LogP contribution in [0.5, 0.6) is 5.75 Å². The standard InChI is InChI=1S/C25H27NO6/c1-15(2)13-19(24(28)31-4)26-23(27)22-20(16-9-6-5-7-10-16)21(25(29)32-22)17-11-8-12-18(14-17)30-3/h5-12,14-15,19,22H,13H2,1-4H3,(H,26,27). The molecule has 0 spiro atoms. The highest BCUT2D eigenvalue weighted by atomic mass is 16.6. The summed E-state index contributed by atoms with van der Waals surface area (Å²) in [5, 5.41) is 2.71. The summed E-state index contributed by atoms with van der Waals surface area (Å²) in [5.74, 6) is -1.02. The van der Waals surface area contributed by atoms with E-state index in [-0.39, 0.29) is 11.5 Å². The highest BCUT2D eigenvalue weighted by Crippen LogP contribution is 2.38. The lowest BCUT2D eigenvalue weighted by atomic mass is 9.92. The van der Waals surface area contributed by atoms with E-state index in [1.54, 1.807) is 24.3 Å². The van der Waals surface area contributed by atoms with Crippen molar-refractivity contribution < 1.29 is 28.6 Å². The number of methoxy groups -OCH3 is 2. The molecule has 0 aliphatic carbocycles. The summed E-state index contributed by atoms with van der Waals surface area (Å²) < 4.78 is 15.7. The number of ether oxygens (including phenoxy) is 3. The van der Waals surface area contributed by atoms with E-state index < -0.39 is 30.0 Å². The molecule has 0 fully saturated rings. The number of amides is 1. The van der Waals surface area contributed by atoms with Crippen LogP contribution in [0.3, 0.4) is 0 Å². The first-order valence-corrected chi connectivity index (χ1v) is 10.4. The van der Waals surface area contributed by atoms with Gasteiger partial charge in [0.1, 0.15) is 11.8 Å². The van der Waals surface area contributed by atoms with Crippen molar-refractivity contribution in [1.29, 1.82) is 0 Å². The third-order valence-corrected chi connectivity index (χ3v) is 5.15. The molecular formula is C25H27NO6. The van der Waals surface area contributed by atoms with E-state index in [2.05, 4.69) is 5.32 Å². The number of hydrogen-bond acceptors (Lipinski definition) is 6. The molecule has 0 radical (unpaired) electrons. The van der Waals surface area contributed by atoms with Crippen LogP contribution in [-0.4, -0.2) is 44.2 Å². The van der Waals surface area contributed by atoms with Gasteiger partial charge in [-0.25, -0.2) is 9.59 Å². The Kier molecular flexibility index (Phi) is 7.30. The Morgan fingerprint density at radius 3 is 2.34 bits per heavy atom. The quantitative estimate of drug-likeness (QED) is 0.638. The Balaban J connectivity index is 2.05. The number of esters is 2. The zero-order valence-electron chi connectivity index (χ0n) is 18.6. The fourth-order valence-corrected chi connectivity index (χ4v) is 3.69. The summed E-state index contributed by atoms with van der Waals surface area (Å²) in [4.78, 5) is 38.4. The normalized spacial score (nSPS) is 16.5. The number of nitrogens with one attached hydrogen (secondary N) is 1. The molecule has 3 rings (SSSR count). The van der Waals surface area contributed by atoms with E-state index in [4.69, 9.17) is 14.2 Å². The summed E-state index contributed by atoms with van der Waals surface area (Å²) in [6.07, 6.45) is -0.808. The highest BCUT2D eigenvalue weighted by molar-refractivity contribution is 6.30. The Hall–Kier alpha value is -3.61. The van der Waals surface area contributed by atoms with Crippen LogP contribution in [0.4, 0.5) is 0 Å². The fourth-order valence-electron chi connectivity index (χ4n) is 3.69. The average Bonchev–Trinajstić information content (AvgIpc) is 3.15.